The molecule has 6 rings (SSSR count). The van der Waals surface area contributed by atoms with E-state index in [1.165, 1.54) is 64.2 Å². The molecule has 0 amide bonds. The highest BCUT2D eigenvalue weighted by Gasteiger charge is 2.82. The molecule has 2 spiro atoms. The lowest BCUT2D eigenvalue weighted by Gasteiger charge is -2.63. The molecular weight excluding hydrogens is 432 g/mol. The highest BCUT2D eigenvalue weighted by Crippen LogP contribution is 2.89. The number of fused-ring (bicyclic) bond motifs is 2. The monoisotopic (exact) mass is 484 g/mol. The number of carbonyl (C=O) groups excluding carboxylic acids is 1. The lowest BCUT2D eigenvalue weighted by molar-refractivity contribution is -0.181. The van der Waals surface area contributed by atoms with Crippen LogP contribution in [0, 0.1) is 50.7 Å². The van der Waals surface area contributed by atoms with E-state index in [1.54, 1.807) is 6.92 Å². The van der Waals surface area contributed by atoms with Crippen molar-refractivity contribution in [2.45, 2.75) is 144 Å². The minimum Gasteiger partial charge on any atom is -0.462 e. The average Bonchev–Trinajstić information content (AvgIpc) is 3.58. The molecule has 6 aliphatic rings. The van der Waals surface area contributed by atoms with Crippen LogP contribution in [0.3, 0.4) is 0 Å². The third-order valence-electron chi connectivity index (χ3n) is 14.2. The Labute approximate surface area is 214 Å². The molecule has 0 aromatic heterocycles. The minimum atomic E-state index is -0.0953. The van der Waals surface area contributed by atoms with Crippen molar-refractivity contribution in [1.82, 2.24) is 0 Å². The number of hydrogen-bond acceptors (Lipinski definition) is 3. The van der Waals surface area contributed by atoms with Gasteiger partial charge in [-0.25, -0.2) is 0 Å². The van der Waals surface area contributed by atoms with E-state index in [0.717, 1.165) is 30.1 Å². The molecule has 198 valence electrons. The van der Waals surface area contributed by atoms with Gasteiger partial charge in [-0.1, -0.05) is 34.6 Å². The Balaban J connectivity index is 1.22. The van der Waals surface area contributed by atoms with E-state index in [9.17, 15) is 4.79 Å². The average molecular weight is 485 g/mol. The standard InChI is InChI=1S/C32H52O3/c1-20(9-12-26-28(5,6)35-26)22-13-15-30(8)24-11-10-23-27(3,4)25(34-21(2)33)14-16-31(23)19-32(24,31)18-17-29(22,30)7/h20,22-26H,9-19H2,1-8H3/t20-,22-,23+,24+,25-,26-,29-,30+,31-,32+/m1/s1. The van der Waals surface area contributed by atoms with Gasteiger partial charge in [0.25, 0.3) is 0 Å². The van der Waals surface area contributed by atoms with Crippen LogP contribution in [0.2, 0.25) is 0 Å². The van der Waals surface area contributed by atoms with Gasteiger partial charge in [0.1, 0.15) is 6.10 Å². The second kappa shape index (κ2) is 7.29. The predicted octanol–water partition coefficient (Wildman–Crippen LogP) is 7.95. The molecule has 0 radical (unpaired) electrons. The third-order valence-corrected chi connectivity index (χ3v) is 14.2. The second-order valence-electron chi connectivity index (χ2n) is 15.9. The van der Waals surface area contributed by atoms with Crippen LogP contribution in [0.5, 0.6) is 0 Å². The van der Waals surface area contributed by atoms with Crippen molar-refractivity contribution in [1.29, 1.82) is 0 Å². The topological polar surface area (TPSA) is 38.8 Å². The molecule has 5 saturated carbocycles. The molecule has 10 atom stereocenters. The van der Waals surface area contributed by atoms with E-state index in [-0.39, 0.29) is 23.1 Å². The van der Waals surface area contributed by atoms with Crippen molar-refractivity contribution < 1.29 is 14.3 Å². The Morgan fingerprint density at radius 3 is 2.20 bits per heavy atom. The molecule has 0 bridgehead atoms. The van der Waals surface area contributed by atoms with E-state index in [4.69, 9.17) is 9.47 Å². The van der Waals surface area contributed by atoms with Crippen LogP contribution in [0.25, 0.3) is 0 Å². The first-order valence-electron chi connectivity index (χ1n) is 15.1. The SMILES string of the molecule is CC(=O)O[C@@H]1CC[C@]23C[C@]24CC[C@]2(C)[C@@H]([C@H](C)CC[C@H]5OC5(C)C)CC[C@@]2(C)[C@@H]4CC[C@H]3C1(C)C. The largest absolute Gasteiger partial charge is 0.462 e. The summed E-state index contributed by atoms with van der Waals surface area (Å²) in [6.45, 7) is 19.0. The van der Waals surface area contributed by atoms with Crippen LogP contribution in [-0.2, 0) is 14.3 Å². The van der Waals surface area contributed by atoms with Crippen molar-refractivity contribution >= 4 is 5.97 Å². The van der Waals surface area contributed by atoms with Gasteiger partial charge in [-0.05, 0) is 130 Å². The van der Waals surface area contributed by atoms with Gasteiger partial charge in [-0.2, -0.15) is 0 Å². The highest BCUT2D eigenvalue weighted by atomic mass is 16.6. The fraction of sp³-hybridized carbons (Fsp3) is 0.969. The van der Waals surface area contributed by atoms with Gasteiger partial charge in [0, 0.05) is 12.3 Å². The summed E-state index contributed by atoms with van der Waals surface area (Å²) in [5, 5.41) is 0. The summed E-state index contributed by atoms with van der Waals surface area (Å²) >= 11 is 0. The zero-order chi connectivity index (χ0) is 25.2. The second-order valence-corrected chi connectivity index (χ2v) is 15.9. The third kappa shape index (κ3) is 3.09. The van der Waals surface area contributed by atoms with Crippen LogP contribution in [-0.4, -0.2) is 23.8 Å². The summed E-state index contributed by atoms with van der Waals surface area (Å²) in [6.07, 6.45) is 15.5. The van der Waals surface area contributed by atoms with E-state index < -0.39 is 0 Å². The summed E-state index contributed by atoms with van der Waals surface area (Å²) in [4.78, 5) is 11.9. The number of ether oxygens (including phenoxy) is 2. The molecule has 0 N–H and O–H groups in total. The molecule has 3 heteroatoms. The first kappa shape index (κ1) is 24.7. The molecule has 3 nitrogen and oxygen atoms in total. The highest BCUT2D eigenvalue weighted by molar-refractivity contribution is 5.66. The summed E-state index contributed by atoms with van der Waals surface area (Å²) < 4.78 is 11.8. The fourth-order valence-corrected chi connectivity index (χ4v) is 12.1. The van der Waals surface area contributed by atoms with Crippen LogP contribution in [0.15, 0.2) is 0 Å². The fourth-order valence-electron chi connectivity index (χ4n) is 12.1. The number of rotatable bonds is 5. The molecule has 1 heterocycles. The van der Waals surface area contributed by atoms with Crippen LogP contribution in [0.1, 0.15) is 126 Å². The summed E-state index contributed by atoms with van der Waals surface area (Å²) in [5.41, 5.74) is 2.32. The van der Waals surface area contributed by atoms with Gasteiger partial charge >= 0.3 is 5.97 Å². The summed E-state index contributed by atoms with van der Waals surface area (Å²) in [5.74, 6) is 3.19. The molecule has 35 heavy (non-hydrogen) atoms. The van der Waals surface area contributed by atoms with Crippen molar-refractivity contribution in [3.63, 3.8) is 0 Å². The Bertz CT molecular complexity index is 906. The van der Waals surface area contributed by atoms with Crippen LogP contribution < -0.4 is 0 Å². The molecule has 0 unspecified atom stereocenters. The molecule has 1 saturated heterocycles. The van der Waals surface area contributed by atoms with Gasteiger partial charge in [-0.15, -0.1) is 0 Å². The first-order chi connectivity index (χ1) is 16.2. The van der Waals surface area contributed by atoms with Crippen LogP contribution >= 0.6 is 0 Å². The zero-order valence-electron chi connectivity index (χ0n) is 24.0. The van der Waals surface area contributed by atoms with Crippen molar-refractivity contribution in [2.75, 3.05) is 0 Å². The van der Waals surface area contributed by atoms with E-state index in [2.05, 4.69) is 48.5 Å². The number of carbonyl (C=O) groups is 1. The Kier molecular flexibility index (Phi) is 5.16. The van der Waals surface area contributed by atoms with Gasteiger partial charge in [0.2, 0.25) is 0 Å². The van der Waals surface area contributed by atoms with Gasteiger partial charge < -0.3 is 9.47 Å². The van der Waals surface area contributed by atoms with Crippen molar-refractivity contribution in [3.8, 4) is 0 Å². The van der Waals surface area contributed by atoms with E-state index in [1.807, 2.05) is 0 Å². The van der Waals surface area contributed by atoms with Gasteiger partial charge in [0.05, 0.1) is 11.7 Å². The number of epoxide rings is 1. The molecule has 1 aliphatic heterocycles. The molecule has 6 fully saturated rings. The minimum absolute atomic E-state index is 0.0953. The molecule has 0 aromatic rings. The normalized spacial score (nSPS) is 53.4. The number of esters is 1. The predicted molar refractivity (Wildman–Crippen MR) is 140 cm³/mol. The quantitative estimate of drug-likeness (QED) is 0.293. The van der Waals surface area contributed by atoms with Crippen LogP contribution in [0.4, 0.5) is 0 Å². The summed E-state index contributed by atoms with van der Waals surface area (Å²) in [6, 6.07) is 0. The lowest BCUT2D eigenvalue weighted by atomic mass is 9.41. The summed E-state index contributed by atoms with van der Waals surface area (Å²) in [7, 11) is 0. The molecule has 5 aliphatic carbocycles. The molecular formula is C32H52O3. The maximum atomic E-state index is 11.9. The maximum absolute atomic E-state index is 11.9. The van der Waals surface area contributed by atoms with Gasteiger partial charge in [0.15, 0.2) is 0 Å². The van der Waals surface area contributed by atoms with Crippen molar-refractivity contribution in [3.05, 3.63) is 0 Å². The van der Waals surface area contributed by atoms with Gasteiger partial charge in [-0.3, -0.25) is 4.79 Å². The number of hydrogen-bond donors (Lipinski definition) is 0. The maximum Gasteiger partial charge on any atom is 0.302 e. The van der Waals surface area contributed by atoms with Crippen molar-refractivity contribution in [2.24, 2.45) is 50.7 Å². The first-order valence-corrected chi connectivity index (χ1v) is 15.1. The zero-order valence-corrected chi connectivity index (χ0v) is 24.0. The lowest BCUT2D eigenvalue weighted by Crippen LogP contribution is -2.58. The molecule has 0 aromatic carbocycles. The Morgan fingerprint density at radius 2 is 1.54 bits per heavy atom. The Hall–Kier alpha value is -0.570. The van der Waals surface area contributed by atoms with E-state index >= 15 is 0 Å². The Morgan fingerprint density at radius 1 is 0.886 bits per heavy atom. The van der Waals surface area contributed by atoms with E-state index in [0.29, 0.717) is 27.8 Å². The smallest absolute Gasteiger partial charge is 0.302 e.